The van der Waals surface area contributed by atoms with Crippen molar-refractivity contribution >= 4 is 0 Å². The minimum absolute atomic E-state index is 0.397. The molecule has 0 bridgehead atoms. The van der Waals surface area contributed by atoms with Gasteiger partial charge in [-0.15, -0.1) is 0 Å². The van der Waals surface area contributed by atoms with Gasteiger partial charge in [0.25, 0.3) is 0 Å². The van der Waals surface area contributed by atoms with Crippen LogP contribution in [0, 0.1) is 0 Å². The molecule has 5 nitrogen and oxygen atoms in total. The van der Waals surface area contributed by atoms with Gasteiger partial charge < -0.3 is 9.47 Å². The van der Waals surface area contributed by atoms with E-state index in [9.17, 15) is 0 Å². The molecule has 0 fully saturated rings. The van der Waals surface area contributed by atoms with E-state index in [1.54, 1.807) is 14.2 Å². The number of rotatable bonds is 2. The molecule has 1 aromatic carbocycles. The molecular weight excluding hydrogens is 266 g/mol. The molecule has 1 unspecified atom stereocenters. The SMILES string of the molecule is COc1cc2c3c(c1OC)-c1[nH]ncc1CC3N(C)CC2. The minimum atomic E-state index is 0.397. The third kappa shape index (κ3) is 1.64. The van der Waals surface area contributed by atoms with Crippen LogP contribution in [-0.4, -0.2) is 42.9 Å². The molecular formula is C16H19N3O2. The Bertz CT molecular complexity index is 708. The minimum Gasteiger partial charge on any atom is -0.493 e. The molecule has 1 aromatic heterocycles. The van der Waals surface area contributed by atoms with Crippen molar-refractivity contribution < 1.29 is 9.47 Å². The standard InChI is InChI=1S/C16H19N3O2/c1-19-5-4-9-7-12(20-2)16(21-3)14-13(9)11(19)6-10-8-17-18-15(10)14/h7-8,11H,4-6H2,1-3H3,(H,17,18). The fourth-order valence-electron chi connectivity index (χ4n) is 3.72. The summed E-state index contributed by atoms with van der Waals surface area (Å²) in [5.74, 6) is 1.61. The Morgan fingerprint density at radius 2 is 2.14 bits per heavy atom. The molecule has 2 aromatic rings. The number of hydrogen-bond donors (Lipinski definition) is 1. The van der Waals surface area contributed by atoms with Crippen LogP contribution in [0.25, 0.3) is 11.3 Å². The summed E-state index contributed by atoms with van der Waals surface area (Å²) in [5.41, 5.74) is 6.19. The van der Waals surface area contributed by atoms with Crippen LogP contribution >= 0.6 is 0 Å². The first-order valence-electron chi connectivity index (χ1n) is 7.25. The van der Waals surface area contributed by atoms with Gasteiger partial charge in [-0.1, -0.05) is 0 Å². The summed E-state index contributed by atoms with van der Waals surface area (Å²) in [5, 5.41) is 7.38. The van der Waals surface area contributed by atoms with Crippen molar-refractivity contribution in [3.05, 3.63) is 29.0 Å². The van der Waals surface area contributed by atoms with Crippen LogP contribution in [0.15, 0.2) is 12.3 Å². The predicted molar refractivity (Wildman–Crippen MR) is 79.9 cm³/mol. The molecule has 0 saturated heterocycles. The zero-order valence-electron chi connectivity index (χ0n) is 12.6. The largest absolute Gasteiger partial charge is 0.493 e. The molecule has 0 amide bonds. The summed E-state index contributed by atoms with van der Waals surface area (Å²) in [4.78, 5) is 2.42. The van der Waals surface area contributed by atoms with Gasteiger partial charge in [-0.3, -0.25) is 10.00 Å². The number of hydrogen-bond acceptors (Lipinski definition) is 4. The van der Waals surface area contributed by atoms with E-state index in [1.165, 1.54) is 16.7 Å². The molecule has 1 atom stereocenters. The molecule has 0 saturated carbocycles. The number of methoxy groups -OCH3 is 2. The van der Waals surface area contributed by atoms with Gasteiger partial charge in [-0.2, -0.15) is 5.10 Å². The molecule has 0 radical (unpaired) electrons. The second-order valence-corrected chi connectivity index (χ2v) is 5.78. The highest BCUT2D eigenvalue weighted by Gasteiger charge is 2.36. The molecule has 1 aliphatic heterocycles. The average Bonchev–Trinajstić information content (AvgIpc) is 2.98. The summed E-state index contributed by atoms with van der Waals surface area (Å²) in [6.07, 6.45) is 3.97. The van der Waals surface area contributed by atoms with Gasteiger partial charge in [0.15, 0.2) is 11.5 Å². The van der Waals surface area contributed by atoms with E-state index in [2.05, 4.69) is 28.2 Å². The maximum Gasteiger partial charge on any atom is 0.170 e. The molecule has 4 rings (SSSR count). The Morgan fingerprint density at radius 3 is 2.90 bits per heavy atom. The lowest BCUT2D eigenvalue weighted by atomic mass is 9.79. The van der Waals surface area contributed by atoms with E-state index in [0.29, 0.717) is 6.04 Å². The highest BCUT2D eigenvalue weighted by atomic mass is 16.5. The van der Waals surface area contributed by atoms with Crippen molar-refractivity contribution in [2.75, 3.05) is 27.8 Å². The quantitative estimate of drug-likeness (QED) is 0.919. The third-order valence-electron chi connectivity index (χ3n) is 4.78. The number of likely N-dealkylation sites (N-methyl/N-ethyl adjacent to an activating group) is 1. The summed E-state index contributed by atoms with van der Waals surface area (Å²) < 4.78 is 11.2. The Hall–Kier alpha value is -2.01. The van der Waals surface area contributed by atoms with Crippen LogP contribution in [0.1, 0.15) is 22.7 Å². The average molecular weight is 285 g/mol. The molecule has 0 spiro atoms. The predicted octanol–water partition coefficient (Wildman–Crippen LogP) is 2.18. The van der Waals surface area contributed by atoms with Crippen LogP contribution in [0.4, 0.5) is 0 Å². The maximum absolute atomic E-state index is 5.68. The van der Waals surface area contributed by atoms with E-state index in [1.807, 2.05) is 6.20 Å². The number of aromatic amines is 1. The summed E-state index contributed by atoms with van der Waals surface area (Å²) >= 11 is 0. The van der Waals surface area contributed by atoms with Gasteiger partial charge >= 0.3 is 0 Å². The summed E-state index contributed by atoms with van der Waals surface area (Å²) in [6.45, 7) is 1.07. The molecule has 1 N–H and O–H groups in total. The normalized spacial score (nSPS) is 19.9. The van der Waals surface area contributed by atoms with Gasteiger partial charge in [0, 0.05) is 12.6 Å². The van der Waals surface area contributed by atoms with E-state index < -0.39 is 0 Å². The first-order valence-corrected chi connectivity index (χ1v) is 7.25. The Balaban J connectivity index is 2.08. The number of aromatic nitrogens is 2. The molecule has 21 heavy (non-hydrogen) atoms. The lowest BCUT2D eigenvalue weighted by Gasteiger charge is -2.39. The smallest absolute Gasteiger partial charge is 0.170 e. The van der Waals surface area contributed by atoms with Crippen LogP contribution in [-0.2, 0) is 12.8 Å². The van der Waals surface area contributed by atoms with Crippen LogP contribution in [0.5, 0.6) is 11.5 Å². The monoisotopic (exact) mass is 285 g/mol. The van der Waals surface area contributed by atoms with Crippen molar-refractivity contribution in [3.63, 3.8) is 0 Å². The second-order valence-electron chi connectivity index (χ2n) is 5.78. The van der Waals surface area contributed by atoms with Gasteiger partial charge in [0.2, 0.25) is 0 Å². The molecule has 1 aliphatic carbocycles. The lowest BCUT2D eigenvalue weighted by molar-refractivity contribution is 0.226. The molecule has 5 heteroatoms. The molecule has 2 aliphatic rings. The Labute approximate surface area is 123 Å². The highest BCUT2D eigenvalue weighted by Crippen LogP contribution is 2.51. The van der Waals surface area contributed by atoms with Crippen LogP contribution < -0.4 is 9.47 Å². The van der Waals surface area contributed by atoms with Gasteiger partial charge in [-0.05, 0) is 42.6 Å². The van der Waals surface area contributed by atoms with Crippen LogP contribution in [0.2, 0.25) is 0 Å². The Kier molecular flexibility index (Phi) is 2.72. The lowest BCUT2D eigenvalue weighted by Crippen LogP contribution is -2.35. The number of fused-ring (bicyclic) bond motifs is 2. The van der Waals surface area contributed by atoms with E-state index in [4.69, 9.17) is 9.47 Å². The van der Waals surface area contributed by atoms with Crippen molar-refractivity contribution in [2.45, 2.75) is 18.9 Å². The fourth-order valence-corrected chi connectivity index (χ4v) is 3.72. The maximum atomic E-state index is 5.68. The number of ether oxygens (including phenoxy) is 2. The summed E-state index contributed by atoms with van der Waals surface area (Å²) in [6, 6.07) is 2.53. The van der Waals surface area contributed by atoms with Crippen molar-refractivity contribution in [3.8, 4) is 22.8 Å². The number of nitrogens with zero attached hydrogens (tertiary/aromatic N) is 2. The van der Waals surface area contributed by atoms with Gasteiger partial charge in [0.1, 0.15) is 0 Å². The second kappa shape index (κ2) is 4.49. The third-order valence-corrected chi connectivity index (χ3v) is 4.78. The van der Waals surface area contributed by atoms with E-state index in [0.717, 1.165) is 42.1 Å². The van der Waals surface area contributed by atoms with Gasteiger partial charge in [-0.25, -0.2) is 0 Å². The topological polar surface area (TPSA) is 50.4 Å². The van der Waals surface area contributed by atoms with Crippen molar-refractivity contribution in [1.82, 2.24) is 15.1 Å². The molecule has 110 valence electrons. The Morgan fingerprint density at radius 1 is 1.29 bits per heavy atom. The van der Waals surface area contributed by atoms with Gasteiger partial charge in [0.05, 0.1) is 31.7 Å². The first kappa shape index (κ1) is 12.7. The molecule has 2 heterocycles. The van der Waals surface area contributed by atoms with Crippen molar-refractivity contribution in [1.29, 1.82) is 0 Å². The fraction of sp³-hybridized carbons (Fsp3) is 0.438. The van der Waals surface area contributed by atoms with Crippen molar-refractivity contribution in [2.24, 2.45) is 0 Å². The first-order chi connectivity index (χ1) is 10.2. The summed E-state index contributed by atoms with van der Waals surface area (Å²) in [7, 11) is 5.59. The zero-order chi connectivity index (χ0) is 14.6. The van der Waals surface area contributed by atoms with E-state index >= 15 is 0 Å². The highest BCUT2D eigenvalue weighted by molar-refractivity contribution is 5.81. The number of H-pyrrole nitrogens is 1. The zero-order valence-corrected chi connectivity index (χ0v) is 12.6. The van der Waals surface area contributed by atoms with E-state index in [-0.39, 0.29) is 0 Å². The number of nitrogens with one attached hydrogen (secondary N) is 1. The number of benzene rings is 1. The van der Waals surface area contributed by atoms with Crippen LogP contribution in [0.3, 0.4) is 0 Å².